The SMILES string of the molecule is C=C(C)COCCn1c(=S)[nH]c2ccc(C#N)cc21. The highest BCUT2D eigenvalue weighted by atomic mass is 32.1. The van der Waals surface area contributed by atoms with Gasteiger partial charge in [0.1, 0.15) is 0 Å². The third-order valence-corrected chi connectivity index (χ3v) is 3.03. The molecule has 0 atom stereocenters. The van der Waals surface area contributed by atoms with Gasteiger partial charge in [-0.2, -0.15) is 5.26 Å². The molecule has 0 saturated heterocycles. The number of hydrogen-bond donors (Lipinski definition) is 1. The van der Waals surface area contributed by atoms with E-state index >= 15 is 0 Å². The predicted octanol–water partition coefficient (Wildman–Crippen LogP) is 3.16. The van der Waals surface area contributed by atoms with Gasteiger partial charge in [-0.25, -0.2) is 0 Å². The first-order chi connectivity index (χ1) is 9.11. The molecule has 2 aromatic rings. The molecule has 98 valence electrons. The van der Waals surface area contributed by atoms with Crippen LogP contribution in [-0.2, 0) is 11.3 Å². The molecule has 1 heterocycles. The fourth-order valence-corrected chi connectivity index (χ4v) is 2.15. The van der Waals surface area contributed by atoms with E-state index < -0.39 is 0 Å². The van der Waals surface area contributed by atoms with Crippen LogP contribution in [0.2, 0.25) is 0 Å². The minimum absolute atomic E-state index is 0.555. The molecule has 4 nitrogen and oxygen atoms in total. The second-order valence-electron chi connectivity index (χ2n) is 4.44. The molecule has 0 fully saturated rings. The summed E-state index contributed by atoms with van der Waals surface area (Å²) in [5.74, 6) is 0. The summed E-state index contributed by atoms with van der Waals surface area (Å²) in [5.41, 5.74) is 3.49. The van der Waals surface area contributed by atoms with Gasteiger partial charge in [-0.15, -0.1) is 0 Å². The van der Waals surface area contributed by atoms with Crippen molar-refractivity contribution >= 4 is 23.3 Å². The number of aromatic amines is 1. The minimum atomic E-state index is 0.555. The minimum Gasteiger partial charge on any atom is -0.375 e. The van der Waals surface area contributed by atoms with E-state index in [4.69, 9.17) is 22.2 Å². The number of nitrogens with zero attached hydrogens (tertiary/aromatic N) is 2. The van der Waals surface area contributed by atoms with Gasteiger partial charge in [0.15, 0.2) is 4.77 Å². The summed E-state index contributed by atoms with van der Waals surface area (Å²) in [7, 11) is 0. The second-order valence-corrected chi connectivity index (χ2v) is 4.82. The number of hydrogen-bond acceptors (Lipinski definition) is 3. The topological polar surface area (TPSA) is 53.7 Å². The Labute approximate surface area is 116 Å². The lowest BCUT2D eigenvalue weighted by Crippen LogP contribution is -2.07. The van der Waals surface area contributed by atoms with E-state index in [1.165, 1.54) is 0 Å². The monoisotopic (exact) mass is 273 g/mol. The molecule has 0 amide bonds. The van der Waals surface area contributed by atoms with Gasteiger partial charge >= 0.3 is 0 Å². The van der Waals surface area contributed by atoms with Crippen LogP contribution < -0.4 is 0 Å². The van der Waals surface area contributed by atoms with Gasteiger partial charge in [0.2, 0.25) is 0 Å². The summed E-state index contributed by atoms with van der Waals surface area (Å²) in [6, 6.07) is 7.61. The van der Waals surface area contributed by atoms with Crippen LogP contribution in [0.5, 0.6) is 0 Å². The standard InChI is InChI=1S/C14H15N3OS/c1-10(2)9-18-6-5-17-13-7-11(8-15)3-4-12(13)16-14(17)19/h3-4,7H,1,5-6,9H2,2H3,(H,16,19). The average molecular weight is 273 g/mol. The zero-order chi connectivity index (χ0) is 13.8. The highest BCUT2D eigenvalue weighted by molar-refractivity contribution is 7.71. The van der Waals surface area contributed by atoms with Crippen molar-refractivity contribution < 1.29 is 4.74 Å². The van der Waals surface area contributed by atoms with Crippen molar-refractivity contribution in [3.8, 4) is 6.07 Å². The molecule has 19 heavy (non-hydrogen) atoms. The van der Waals surface area contributed by atoms with Crippen LogP contribution in [0.4, 0.5) is 0 Å². The van der Waals surface area contributed by atoms with Crippen LogP contribution in [0.1, 0.15) is 12.5 Å². The molecule has 1 aromatic heterocycles. The van der Waals surface area contributed by atoms with Crippen molar-refractivity contribution in [3.63, 3.8) is 0 Å². The fourth-order valence-electron chi connectivity index (χ4n) is 1.85. The molecule has 0 saturated carbocycles. The van der Waals surface area contributed by atoms with Crippen LogP contribution in [0.25, 0.3) is 11.0 Å². The third kappa shape index (κ3) is 3.11. The number of nitriles is 1. The average Bonchev–Trinajstić information content (AvgIpc) is 2.69. The van der Waals surface area contributed by atoms with Crippen molar-refractivity contribution in [2.24, 2.45) is 0 Å². The Morgan fingerprint density at radius 2 is 2.37 bits per heavy atom. The van der Waals surface area contributed by atoms with Crippen molar-refractivity contribution in [3.05, 3.63) is 40.7 Å². The fraction of sp³-hybridized carbons (Fsp3) is 0.286. The van der Waals surface area contributed by atoms with Gasteiger partial charge in [0.05, 0.1) is 35.9 Å². The Balaban J connectivity index is 2.22. The smallest absolute Gasteiger partial charge is 0.178 e. The van der Waals surface area contributed by atoms with Crippen LogP contribution in [0.3, 0.4) is 0 Å². The van der Waals surface area contributed by atoms with Crippen LogP contribution >= 0.6 is 12.2 Å². The Bertz CT molecular complexity index is 706. The summed E-state index contributed by atoms with van der Waals surface area (Å²) in [6.45, 7) is 7.48. The number of nitrogens with one attached hydrogen (secondary N) is 1. The Morgan fingerprint density at radius 3 is 3.05 bits per heavy atom. The predicted molar refractivity (Wildman–Crippen MR) is 77.5 cm³/mol. The lowest BCUT2D eigenvalue weighted by Gasteiger charge is -2.06. The molecule has 0 aliphatic carbocycles. The summed E-state index contributed by atoms with van der Waals surface area (Å²) < 4.78 is 8.07. The third-order valence-electron chi connectivity index (χ3n) is 2.71. The molecule has 0 radical (unpaired) electrons. The summed E-state index contributed by atoms with van der Waals surface area (Å²) in [5, 5.41) is 8.94. The first kappa shape index (κ1) is 13.5. The van der Waals surface area contributed by atoms with Crippen LogP contribution in [-0.4, -0.2) is 22.8 Å². The maximum Gasteiger partial charge on any atom is 0.178 e. The number of fused-ring (bicyclic) bond motifs is 1. The second kappa shape index (κ2) is 5.83. The Hall–Kier alpha value is -1.90. The summed E-state index contributed by atoms with van der Waals surface area (Å²) in [6.07, 6.45) is 0. The molecular weight excluding hydrogens is 258 g/mol. The van der Waals surface area contributed by atoms with Gasteiger partial charge < -0.3 is 14.3 Å². The maximum atomic E-state index is 8.94. The van der Waals surface area contributed by atoms with Gasteiger partial charge in [0.25, 0.3) is 0 Å². The number of imidazole rings is 1. The van der Waals surface area contributed by atoms with E-state index in [9.17, 15) is 0 Å². The van der Waals surface area contributed by atoms with E-state index in [0.29, 0.717) is 30.1 Å². The molecule has 5 heteroatoms. The molecule has 1 N–H and O–H groups in total. The van der Waals surface area contributed by atoms with Crippen molar-refractivity contribution in [2.45, 2.75) is 13.5 Å². The molecule has 0 bridgehead atoms. The number of aromatic nitrogens is 2. The molecule has 2 rings (SSSR count). The highest BCUT2D eigenvalue weighted by Crippen LogP contribution is 2.16. The first-order valence-corrected chi connectivity index (χ1v) is 6.37. The molecule has 0 aliphatic rings. The summed E-state index contributed by atoms with van der Waals surface area (Å²) >= 11 is 5.29. The van der Waals surface area contributed by atoms with E-state index in [1.807, 2.05) is 23.6 Å². The molecule has 0 aliphatic heterocycles. The maximum absolute atomic E-state index is 8.94. The zero-order valence-corrected chi connectivity index (χ0v) is 11.6. The van der Waals surface area contributed by atoms with Crippen molar-refractivity contribution in [1.29, 1.82) is 5.26 Å². The quantitative estimate of drug-likeness (QED) is 0.517. The van der Waals surface area contributed by atoms with Gasteiger partial charge in [-0.05, 0) is 37.3 Å². The Morgan fingerprint density at radius 1 is 1.58 bits per heavy atom. The highest BCUT2D eigenvalue weighted by Gasteiger charge is 2.05. The molecule has 0 spiro atoms. The van der Waals surface area contributed by atoms with E-state index in [2.05, 4.69) is 17.6 Å². The first-order valence-electron chi connectivity index (χ1n) is 5.96. The lowest BCUT2D eigenvalue weighted by molar-refractivity contribution is 0.148. The van der Waals surface area contributed by atoms with E-state index in [0.717, 1.165) is 16.6 Å². The molecule has 1 aromatic carbocycles. The van der Waals surface area contributed by atoms with Crippen molar-refractivity contribution in [1.82, 2.24) is 9.55 Å². The zero-order valence-electron chi connectivity index (χ0n) is 10.8. The molecular formula is C14H15N3OS. The number of benzene rings is 1. The van der Waals surface area contributed by atoms with Crippen LogP contribution in [0, 0.1) is 16.1 Å². The number of rotatable bonds is 5. The van der Waals surface area contributed by atoms with E-state index in [-0.39, 0.29) is 0 Å². The summed E-state index contributed by atoms with van der Waals surface area (Å²) in [4.78, 5) is 3.12. The number of H-pyrrole nitrogens is 1. The Kier molecular flexibility index (Phi) is 4.15. The van der Waals surface area contributed by atoms with Crippen molar-refractivity contribution in [2.75, 3.05) is 13.2 Å². The normalized spacial score (nSPS) is 10.5. The largest absolute Gasteiger partial charge is 0.375 e. The van der Waals surface area contributed by atoms with Gasteiger partial charge in [-0.1, -0.05) is 12.2 Å². The van der Waals surface area contributed by atoms with E-state index in [1.54, 1.807) is 6.07 Å². The van der Waals surface area contributed by atoms with Gasteiger partial charge in [0, 0.05) is 6.54 Å². The molecule has 0 unspecified atom stereocenters. The van der Waals surface area contributed by atoms with Gasteiger partial charge in [-0.3, -0.25) is 0 Å². The van der Waals surface area contributed by atoms with Crippen LogP contribution in [0.15, 0.2) is 30.4 Å². The number of ether oxygens (including phenoxy) is 1. The lowest BCUT2D eigenvalue weighted by atomic mass is 10.2.